The Hall–Kier alpha value is -3.62. The zero-order chi connectivity index (χ0) is 21.6. The first-order valence-electron chi connectivity index (χ1n) is 10.1. The number of halogens is 1. The van der Waals surface area contributed by atoms with Gasteiger partial charge in [-0.05, 0) is 56.0 Å². The van der Waals surface area contributed by atoms with Crippen LogP contribution >= 0.6 is 0 Å². The fourth-order valence-electron chi connectivity index (χ4n) is 4.44. The fraction of sp³-hybridized carbons (Fsp3) is 0.318. The number of hydrogen-bond acceptors (Lipinski definition) is 7. The number of ketones is 1. The molecule has 0 unspecified atom stereocenters. The molecule has 31 heavy (non-hydrogen) atoms. The summed E-state index contributed by atoms with van der Waals surface area (Å²) in [6.07, 6.45) is 5.27. The number of benzene rings is 1. The molecule has 158 valence electrons. The van der Waals surface area contributed by atoms with E-state index in [4.69, 9.17) is 4.74 Å². The largest absolute Gasteiger partial charge is 0.450 e. The third-order valence-corrected chi connectivity index (χ3v) is 6.13. The molecule has 1 aliphatic carbocycles. The Morgan fingerprint density at radius 3 is 2.65 bits per heavy atom. The molecule has 1 amide bonds. The minimum Gasteiger partial charge on any atom is -0.450 e. The number of esters is 1. The van der Waals surface area contributed by atoms with Gasteiger partial charge in [0.2, 0.25) is 11.7 Å². The molecular formula is C22H19FN4O4. The van der Waals surface area contributed by atoms with Crippen LogP contribution in [0.5, 0.6) is 0 Å². The van der Waals surface area contributed by atoms with Gasteiger partial charge in [-0.2, -0.15) is 5.10 Å². The number of aromatic nitrogens is 1. The van der Waals surface area contributed by atoms with Gasteiger partial charge < -0.3 is 10.1 Å². The molecule has 1 fully saturated rings. The van der Waals surface area contributed by atoms with Crippen molar-refractivity contribution in [3.63, 3.8) is 0 Å². The van der Waals surface area contributed by atoms with E-state index in [9.17, 15) is 18.8 Å². The number of amides is 1. The van der Waals surface area contributed by atoms with Crippen molar-refractivity contribution in [1.29, 1.82) is 0 Å². The summed E-state index contributed by atoms with van der Waals surface area (Å²) in [4.78, 5) is 41.4. The molecule has 3 heterocycles. The number of hydrogen-bond donors (Lipinski definition) is 1. The predicted molar refractivity (Wildman–Crippen MR) is 108 cm³/mol. The Labute approximate surface area is 177 Å². The van der Waals surface area contributed by atoms with E-state index in [1.165, 1.54) is 29.3 Å². The molecule has 0 atom stereocenters. The highest BCUT2D eigenvalue weighted by Crippen LogP contribution is 2.47. The van der Waals surface area contributed by atoms with Crippen LogP contribution in [0.4, 0.5) is 10.1 Å². The molecule has 1 N–H and O–H groups in total. The van der Waals surface area contributed by atoms with E-state index in [-0.39, 0.29) is 41.8 Å². The maximum absolute atomic E-state index is 13.1. The Kier molecular flexibility index (Phi) is 4.53. The van der Waals surface area contributed by atoms with Crippen LogP contribution in [0.15, 0.2) is 47.8 Å². The highest BCUT2D eigenvalue weighted by Gasteiger charge is 2.48. The fourth-order valence-corrected chi connectivity index (χ4v) is 4.44. The van der Waals surface area contributed by atoms with Gasteiger partial charge in [0.1, 0.15) is 18.0 Å². The van der Waals surface area contributed by atoms with Crippen molar-refractivity contribution in [2.24, 2.45) is 11.0 Å². The molecule has 3 aliphatic rings. The number of Topliss-reactive ketones (excluding diaryl/α,β-unsaturated/α-hetero) is 1. The summed E-state index contributed by atoms with van der Waals surface area (Å²) >= 11 is 0. The van der Waals surface area contributed by atoms with Gasteiger partial charge in [0.15, 0.2) is 5.84 Å². The van der Waals surface area contributed by atoms with Crippen LogP contribution in [0.25, 0.3) is 0 Å². The zero-order valence-electron chi connectivity index (χ0n) is 16.5. The monoisotopic (exact) mass is 422 g/mol. The van der Waals surface area contributed by atoms with E-state index in [1.54, 1.807) is 18.5 Å². The van der Waals surface area contributed by atoms with Gasteiger partial charge in [-0.1, -0.05) is 0 Å². The van der Waals surface area contributed by atoms with Crippen LogP contribution in [0.3, 0.4) is 0 Å². The summed E-state index contributed by atoms with van der Waals surface area (Å²) in [5, 5.41) is 8.25. The maximum Gasteiger partial charge on any atom is 0.339 e. The smallest absolute Gasteiger partial charge is 0.339 e. The van der Waals surface area contributed by atoms with Crippen LogP contribution in [-0.2, 0) is 19.9 Å². The number of fused-ring (bicyclic) bond motifs is 2. The predicted octanol–water partition coefficient (Wildman–Crippen LogP) is 2.30. The first-order valence-corrected chi connectivity index (χ1v) is 10.1. The van der Waals surface area contributed by atoms with Gasteiger partial charge in [0.25, 0.3) is 0 Å². The highest BCUT2D eigenvalue weighted by atomic mass is 19.1. The lowest BCUT2D eigenvalue weighted by atomic mass is 9.75. The van der Waals surface area contributed by atoms with Crippen molar-refractivity contribution in [1.82, 2.24) is 10.3 Å². The number of hydrazone groups is 1. The third kappa shape index (κ3) is 3.35. The first-order chi connectivity index (χ1) is 14.9. The number of ether oxygens (including phenoxy) is 1. The Balaban J connectivity index is 1.24. The standard InChI is InChI=1S/C22H19FN4O4/c23-14-1-3-15(4-2-14)27-12-18(28)19(26-27)25-20(29)13-5-8-22(9-6-13)17-11-24-10-7-16(17)21(30)31-22/h1-4,7,10-11,13H,5-6,8-9,12H2,(H,25,26,29). The van der Waals surface area contributed by atoms with E-state index < -0.39 is 5.60 Å². The average molecular weight is 422 g/mol. The van der Waals surface area contributed by atoms with Crippen molar-refractivity contribution in [3.05, 3.63) is 59.7 Å². The normalized spacial score (nSPS) is 24.7. The number of carbonyl (C=O) groups is 3. The van der Waals surface area contributed by atoms with Gasteiger partial charge in [-0.3, -0.25) is 19.6 Å². The Bertz CT molecular complexity index is 1110. The second kappa shape index (κ2) is 7.26. The molecular weight excluding hydrogens is 403 g/mol. The molecule has 5 rings (SSSR count). The van der Waals surface area contributed by atoms with Gasteiger partial charge >= 0.3 is 5.97 Å². The quantitative estimate of drug-likeness (QED) is 0.746. The van der Waals surface area contributed by atoms with Crippen molar-refractivity contribution >= 4 is 29.2 Å². The van der Waals surface area contributed by atoms with E-state index in [0.29, 0.717) is 36.9 Å². The van der Waals surface area contributed by atoms with Gasteiger partial charge in [-0.25, -0.2) is 9.18 Å². The minimum absolute atomic E-state index is 0.0172. The van der Waals surface area contributed by atoms with Crippen molar-refractivity contribution in [3.8, 4) is 0 Å². The molecule has 2 aromatic rings. The maximum atomic E-state index is 13.1. The second-order valence-electron chi connectivity index (χ2n) is 7.97. The van der Waals surface area contributed by atoms with E-state index >= 15 is 0 Å². The van der Waals surface area contributed by atoms with Gasteiger partial charge in [0.05, 0.1) is 11.3 Å². The number of rotatable bonds is 2. The summed E-state index contributed by atoms with van der Waals surface area (Å²) in [5.41, 5.74) is 1.15. The lowest BCUT2D eigenvalue weighted by molar-refractivity contribution is -0.127. The number of nitrogens with zero attached hydrogens (tertiary/aromatic N) is 3. The topological polar surface area (TPSA) is 101 Å². The lowest BCUT2D eigenvalue weighted by Crippen LogP contribution is -2.42. The first kappa shape index (κ1) is 19.3. The van der Waals surface area contributed by atoms with Gasteiger partial charge in [0, 0.05) is 23.9 Å². The third-order valence-electron chi connectivity index (χ3n) is 6.13. The molecule has 0 saturated heterocycles. The molecule has 1 saturated carbocycles. The second-order valence-corrected chi connectivity index (χ2v) is 7.97. The highest BCUT2D eigenvalue weighted by molar-refractivity contribution is 6.44. The average Bonchev–Trinajstić information content (AvgIpc) is 3.27. The van der Waals surface area contributed by atoms with Crippen LogP contribution in [-0.4, -0.2) is 35.0 Å². The van der Waals surface area contributed by atoms with Crippen LogP contribution in [0, 0.1) is 11.7 Å². The SMILES string of the molecule is O=C1CN(c2ccc(F)cc2)N=C1NC(=O)C1CCC2(CC1)OC(=O)c1ccncc12. The Morgan fingerprint density at radius 2 is 1.90 bits per heavy atom. The van der Waals surface area contributed by atoms with Crippen molar-refractivity contribution in [2.75, 3.05) is 11.6 Å². The van der Waals surface area contributed by atoms with Crippen molar-refractivity contribution < 1.29 is 23.5 Å². The zero-order valence-corrected chi connectivity index (χ0v) is 16.5. The lowest BCUT2D eigenvalue weighted by Gasteiger charge is -2.35. The number of carbonyl (C=O) groups excluding carboxylic acids is 3. The number of anilines is 1. The summed E-state index contributed by atoms with van der Waals surface area (Å²) in [6.45, 7) is -0.0191. The minimum atomic E-state index is -0.725. The molecule has 8 nitrogen and oxygen atoms in total. The van der Waals surface area contributed by atoms with E-state index in [1.807, 2.05) is 0 Å². The summed E-state index contributed by atoms with van der Waals surface area (Å²) in [6, 6.07) is 7.27. The molecule has 9 heteroatoms. The molecule has 1 aromatic heterocycles. The number of amidine groups is 1. The summed E-state index contributed by atoms with van der Waals surface area (Å²) < 4.78 is 18.8. The van der Waals surface area contributed by atoms with E-state index in [0.717, 1.165) is 5.56 Å². The Morgan fingerprint density at radius 1 is 1.16 bits per heavy atom. The molecule has 0 radical (unpaired) electrons. The summed E-state index contributed by atoms with van der Waals surface area (Å²) in [7, 11) is 0. The number of pyridine rings is 1. The molecule has 1 aromatic carbocycles. The summed E-state index contributed by atoms with van der Waals surface area (Å²) in [5.74, 6) is -1.66. The number of nitrogens with one attached hydrogen (secondary N) is 1. The van der Waals surface area contributed by atoms with Crippen LogP contribution in [0.2, 0.25) is 0 Å². The van der Waals surface area contributed by atoms with Gasteiger partial charge in [-0.15, -0.1) is 0 Å². The molecule has 1 spiro atoms. The van der Waals surface area contributed by atoms with Crippen LogP contribution in [0.1, 0.15) is 41.6 Å². The van der Waals surface area contributed by atoms with Crippen LogP contribution < -0.4 is 10.3 Å². The molecule has 0 bridgehead atoms. The molecule has 2 aliphatic heterocycles. The van der Waals surface area contributed by atoms with E-state index in [2.05, 4.69) is 15.4 Å². The van der Waals surface area contributed by atoms with Crippen molar-refractivity contribution in [2.45, 2.75) is 31.3 Å².